The van der Waals surface area contributed by atoms with Gasteiger partial charge in [0.15, 0.2) is 0 Å². The van der Waals surface area contributed by atoms with Crippen molar-refractivity contribution in [2.24, 2.45) is 0 Å². The third-order valence-electron chi connectivity index (χ3n) is 3.37. The number of hydrogen-bond donors (Lipinski definition) is 0. The molecule has 1 rings (SSSR count). The van der Waals surface area contributed by atoms with Crippen molar-refractivity contribution < 1.29 is 8.42 Å². The Morgan fingerprint density at radius 1 is 1.00 bits per heavy atom. The minimum Gasteiger partial charge on any atom is -0.207 e. The molecule has 18 heavy (non-hydrogen) atoms. The molecule has 102 valence electrons. The Morgan fingerprint density at radius 3 is 1.83 bits per heavy atom. The van der Waals surface area contributed by atoms with Gasteiger partial charge in [-0.25, -0.2) is 8.42 Å². The molecule has 1 aromatic rings. The molecule has 0 saturated carbocycles. The molecule has 0 heterocycles. The van der Waals surface area contributed by atoms with Gasteiger partial charge in [-0.05, 0) is 38.8 Å². The van der Waals surface area contributed by atoms with E-state index in [4.69, 9.17) is 0 Å². The fourth-order valence-corrected chi connectivity index (χ4v) is 3.97. The molecule has 0 aliphatic rings. The molecule has 0 unspecified atom stereocenters. The SMILES string of the molecule is CC[C@H](C)N([C@@H](C)CC)S(=O)(=O)c1ccccc1. The maximum atomic E-state index is 12.7. The van der Waals surface area contributed by atoms with Gasteiger partial charge in [0.05, 0.1) is 4.90 Å². The molecule has 0 spiro atoms. The molecule has 0 radical (unpaired) electrons. The maximum absolute atomic E-state index is 12.7. The van der Waals surface area contributed by atoms with E-state index in [0.29, 0.717) is 4.90 Å². The van der Waals surface area contributed by atoms with E-state index in [1.54, 1.807) is 28.6 Å². The van der Waals surface area contributed by atoms with Gasteiger partial charge in [-0.15, -0.1) is 0 Å². The van der Waals surface area contributed by atoms with Crippen LogP contribution in [0, 0.1) is 0 Å². The summed E-state index contributed by atoms with van der Waals surface area (Å²) in [6.45, 7) is 7.96. The van der Waals surface area contributed by atoms with E-state index in [9.17, 15) is 8.42 Å². The van der Waals surface area contributed by atoms with Crippen LogP contribution < -0.4 is 0 Å². The average Bonchev–Trinajstić information content (AvgIpc) is 2.39. The van der Waals surface area contributed by atoms with Gasteiger partial charge in [-0.1, -0.05) is 32.0 Å². The Labute approximate surface area is 111 Å². The summed E-state index contributed by atoms with van der Waals surface area (Å²) in [5, 5.41) is 0. The van der Waals surface area contributed by atoms with Crippen LogP contribution in [-0.4, -0.2) is 24.8 Å². The Kier molecular flexibility index (Phi) is 5.35. The summed E-state index contributed by atoms with van der Waals surface area (Å²) in [4.78, 5) is 0.380. The van der Waals surface area contributed by atoms with Gasteiger partial charge < -0.3 is 0 Å². The summed E-state index contributed by atoms with van der Waals surface area (Å²) in [5.41, 5.74) is 0. The van der Waals surface area contributed by atoms with Crippen molar-refractivity contribution in [3.05, 3.63) is 30.3 Å². The lowest BCUT2D eigenvalue weighted by atomic mass is 10.2. The fraction of sp³-hybridized carbons (Fsp3) is 0.571. The van der Waals surface area contributed by atoms with Crippen LogP contribution in [0.4, 0.5) is 0 Å². The van der Waals surface area contributed by atoms with Crippen molar-refractivity contribution in [2.45, 2.75) is 57.5 Å². The van der Waals surface area contributed by atoms with Crippen LogP contribution >= 0.6 is 0 Å². The molecule has 0 amide bonds. The molecule has 0 N–H and O–H groups in total. The van der Waals surface area contributed by atoms with Crippen molar-refractivity contribution in [1.29, 1.82) is 0 Å². The normalized spacial score (nSPS) is 15.6. The Hall–Kier alpha value is -0.870. The van der Waals surface area contributed by atoms with E-state index in [1.807, 2.05) is 33.8 Å². The highest BCUT2D eigenvalue weighted by atomic mass is 32.2. The van der Waals surface area contributed by atoms with Crippen LogP contribution in [0.2, 0.25) is 0 Å². The summed E-state index contributed by atoms with van der Waals surface area (Å²) in [5.74, 6) is 0. The molecule has 0 fully saturated rings. The van der Waals surface area contributed by atoms with Crippen LogP contribution in [0.15, 0.2) is 35.2 Å². The van der Waals surface area contributed by atoms with E-state index < -0.39 is 10.0 Å². The van der Waals surface area contributed by atoms with Crippen molar-refractivity contribution in [1.82, 2.24) is 4.31 Å². The zero-order valence-electron chi connectivity index (χ0n) is 11.6. The van der Waals surface area contributed by atoms with Crippen LogP contribution in [0.5, 0.6) is 0 Å². The van der Waals surface area contributed by atoms with Crippen LogP contribution in [-0.2, 0) is 10.0 Å². The van der Waals surface area contributed by atoms with Crippen molar-refractivity contribution >= 4 is 10.0 Å². The number of nitrogens with zero attached hydrogens (tertiary/aromatic N) is 1. The Morgan fingerprint density at radius 2 is 1.44 bits per heavy atom. The predicted molar refractivity (Wildman–Crippen MR) is 75.0 cm³/mol. The Bertz CT molecular complexity index is 446. The van der Waals surface area contributed by atoms with Gasteiger partial charge in [-0.3, -0.25) is 0 Å². The van der Waals surface area contributed by atoms with Gasteiger partial charge in [0.25, 0.3) is 0 Å². The van der Waals surface area contributed by atoms with E-state index in [0.717, 1.165) is 12.8 Å². The summed E-state index contributed by atoms with van der Waals surface area (Å²) in [6.07, 6.45) is 1.63. The van der Waals surface area contributed by atoms with E-state index in [1.165, 1.54) is 0 Å². The second kappa shape index (κ2) is 6.34. The molecular weight excluding hydrogens is 246 g/mol. The van der Waals surface area contributed by atoms with E-state index in [2.05, 4.69) is 0 Å². The molecule has 0 aliphatic heterocycles. The summed E-state index contributed by atoms with van der Waals surface area (Å²) in [6, 6.07) is 8.71. The first-order chi connectivity index (χ1) is 8.45. The zero-order valence-corrected chi connectivity index (χ0v) is 12.4. The molecule has 0 bridgehead atoms. The van der Waals surface area contributed by atoms with Crippen LogP contribution in [0.1, 0.15) is 40.5 Å². The minimum absolute atomic E-state index is 0.0187. The number of benzene rings is 1. The fourth-order valence-electron chi connectivity index (χ4n) is 1.98. The molecule has 0 saturated heterocycles. The van der Waals surface area contributed by atoms with Gasteiger partial charge >= 0.3 is 0 Å². The summed E-state index contributed by atoms with van der Waals surface area (Å²) < 4.78 is 27.0. The standard InChI is InChI=1S/C14H23NO2S/c1-5-12(3)15(13(4)6-2)18(16,17)14-10-8-7-9-11-14/h7-13H,5-6H2,1-4H3/t12-,13-/m0/s1. The minimum atomic E-state index is -3.39. The first kappa shape index (κ1) is 15.2. The Balaban J connectivity index is 3.20. The molecule has 1 aromatic carbocycles. The molecule has 0 aromatic heterocycles. The quantitative estimate of drug-likeness (QED) is 0.795. The van der Waals surface area contributed by atoms with Gasteiger partial charge in [-0.2, -0.15) is 4.31 Å². The van der Waals surface area contributed by atoms with Crippen LogP contribution in [0.3, 0.4) is 0 Å². The number of hydrogen-bond acceptors (Lipinski definition) is 2. The van der Waals surface area contributed by atoms with E-state index in [-0.39, 0.29) is 12.1 Å². The third-order valence-corrected chi connectivity index (χ3v) is 5.51. The van der Waals surface area contributed by atoms with Gasteiger partial charge in [0.1, 0.15) is 0 Å². The zero-order chi connectivity index (χ0) is 13.8. The van der Waals surface area contributed by atoms with E-state index >= 15 is 0 Å². The largest absolute Gasteiger partial charge is 0.243 e. The maximum Gasteiger partial charge on any atom is 0.243 e. The molecule has 2 atom stereocenters. The highest BCUT2D eigenvalue weighted by molar-refractivity contribution is 7.89. The second-order valence-corrected chi connectivity index (χ2v) is 6.51. The smallest absolute Gasteiger partial charge is 0.207 e. The average molecular weight is 269 g/mol. The highest BCUT2D eigenvalue weighted by Crippen LogP contribution is 2.23. The van der Waals surface area contributed by atoms with Crippen LogP contribution in [0.25, 0.3) is 0 Å². The number of rotatable bonds is 6. The first-order valence-corrected chi connectivity index (χ1v) is 7.97. The lowest BCUT2D eigenvalue weighted by Gasteiger charge is -2.32. The molecule has 3 nitrogen and oxygen atoms in total. The molecule has 4 heteroatoms. The topological polar surface area (TPSA) is 37.4 Å². The predicted octanol–water partition coefficient (Wildman–Crippen LogP) is 3.27. The monoisotopic (exact) mass is 269 g/mol. The van der Waals surface area contributed by atoms with Crippen molar-refractivity contribution in [2.75, 3.05) is 0 Å². The third kappa shape index (κ3) is 3.12. The lowest BCUT2D eigenvalue weighted by Crippen LogP contribution is -2.44. The van der Waals surface area contributed by atoms with Gasteiger partial charge in [0.2, 0.25) is 10.0 Å². The molecule has 0 aliphatic carbocycles. The lowest BCUT2D eigenvalue weighted by molar-refractivity contribution is 0.262. The summed E-state index contributed by atoms with van der Waals surface area (Å²) in [7, 11) is -3.39. The first-order valence-electron chi connectivity index (χ1n) is 6.53. The second-order valence-electron chi connectivity index (χ2n) is 4.66. The van der Waals surface area contributed by atoms with Gasteiger partial charge in [0, 0.05) is 12.1 Å². The number of sulfonamides is 1. The summed E-state index contributed by atoms with van der Waals surface area (Å²) >= 11 is 0. The van der Waals surface area contributed by atoms with Crippen molar-refractivity contribution in [3.8, 4) is 0 Å². The van der Waals surface area contributed by atoms with Crippen molar-refractivity contribution in [3.63, 3.8) is 0 Å². The molecular formula is C14H23NO2S. The highest BCUT2D eigenvalue weighted by Gasteiger charge is 2.31.